The SMILES string of the molecule is COCCCCCCOC(=O)CCC(=O)Oc1ccc(C(=O)Oc2ccc(C(=O)Oc3ccc(N4CCN(C)CC4)cc3)cc2)cc1. The maximum atomic E-state index is 12.7. The van der Waals surface area contributed by atoms with Crippen LogP contribution in [-0.2, 0) is 19.1 Å². The Balaban J connectivity index is 1.16. The van der Waals surface area contributed by atoms with E-state index in [9.17, 15) is 19.2 Å². The number of unbranched alkanes of at least 4 members (excludes halogenated alkanes) is 3. The highest BCUT2D eigenvalue weighted by Gasteiger charge is 2.16. The van der Waals surface area contributed by atoms with Crippen LogP contribution in [0.3, 0.4) is 0 Å². The molecule has 4 rings (SSSR count). The Morgan fingerprint density at radius 2 is 1.04 bits per heavy atom. The number of esters is 4. The first kappa shape index (κ1) is 35.1. The molecule has 3 aromatic rings. The lowest BCUT2D eigenvalue weighted by Gasteiger charge is -2.34. The Hall–Kier alpha value is -4.74. The average molecular weight is 647 g/mol. The smallest absolute Gasteiger partial charge is 0.343 e. The van der Waals surface area contributed by atoms with Gasteiger partial charge in [-0.15, -0.1) is 0 Å². The number of hydrogen-bond acceptors (Lipinski definition) is 11. The normalized spacial score (nSPS) is 13.1. The third-order valence-electron chi connectivity index (χ3n) is 7.58. The molecule has 1 saturated heterocycles. The molecule has 0 radical (unpaired) electrons. The van der Waals surface area contributed by atoms with Crippen LogP contribution in [0.5, 0.6) is 17.2 Å². The van der Waals surface area contributed by atoms with Gasteiger partial charge in [-0.1, -0.05) is 6.42 Å². The number of hydrogen-bond donors (Lipinski definition) is 0. The van der Waals surface area contributed by atoms with Crippen molar-refractivity contribution in [3.63, 3.8) is 0 Å². The lowest BCUT2D eigenvalue weighted by atomic mass is 10.2. The maximum absolute atomic E-state index is 12.7. The van der Waals surface area contributed by atoms with E-state index in [4.69, 9.17) is 23.7 Å². The van der Waals surface area contributed by atoms with E-state index in [2.05, 4.69) is 16.8 Å². The Kier molecular flexibility index (Phi) is 13.8. The van der Waals surface area contributed by atoms with E-state index in [1.54, 1.807) is 19.2 Å². The molecule has 0 N–H and O–H groups in total. The van der Waals surface area contributed by atoms with E-state index in [0.717, 1.165) is 64.2 Å². The van der Waals surface area contributed by atoms with E-state index in [1.165, 1.54) is 48.5 Å². The minimum absolute atomic E-state index is 0.0757. The molecule has 11 nitrogen and oxygen atoms in total. The highest BCUT2D eigenvalue weighted by atomic mass is 16.5. The van der Waals surface area contributed by atoms with Crippen LogP contribution in [0.15, 0.2) is 72.8 Å². The van der Waals surface area contributed by atoms with Crippen molar-refractivity contribution < 1.29 is 42.9 Å². The number of anilines is 1. The standard InChI is InChI=1S/C36H42N2O9/c1-37-21-23-38(24-22-37)29-11-17-32(18-12-29)47-36(42)28-9-15-31(16-10-28)46-35(41)27-7-13-30(14-8-27)45-34(40)20-19-33(39)44-26-6-4-3-5-25-43-2/h7-18H,3-6,19-26H2,1-2H3. The van der Waals surface area contributed by atoms with Gasteiger partial charge in [-0.05, 0) is 99.1 Å². The zero-order chi connectivity index (χ0) is 33.4. The first-order valence-electron chi connectivity index (χ1n) is 15.8. The predicted octanol–water partition coefficient (Wildman–Crippen LogP) is 5.31. The Bertz CT molecular complexity index is 1450. The quantitative estimate of drug-likeness (QED) is 0.114. The fraction of sp³-hybridized carbons (Fsp3) is 0.389. The number of likely N-dealkylation sites (N-methyl/N-ethyl adjacent to an activating group) is 1. The number of benzene rings is 3. The van der Waals surface area contributed by atoms with Crippen molar-refractivity contribution in [3.05, 3.63) is 83.9 Å². The van der Waals surface area contributed by atoms with Gasteiger partial charge in [-0.25, -0.2) is 9.59 Å². The Morgan fingerprint density at radius 1 is 0.574 bits per heavy atom. The van der Waals surface area contributed by atoms with Gasteiger partial charge >= 0.3 is 23.9 Å². The second kappa shape index (κ2) is 18.4. The summed E-state index contributed by atoms with van der Waals surface area (Å²) in [5, 5.41) is 0. The van der Waals surface area contributed by atoms with Crippen LogP contribution in [0.25, 0.3) is 0 Å². The number of rotatable bonds is 16. The monoisotopic (exact) mass is 646 g/mol. The maximum Gasteiger partial charge on any atom is 0.343 e. The molecule has 11 heteroatoms. The Morgan fingerprint density at radius 3 is 1.57 bits per heavy atom. The molecule has 0 unspecified atom stereocenters. The number of piperazine rings is 1. The molecule has 47 heavy (non-hydrogen) atoms. The van der Waals surface area contributed by atoms with Crippen LogP contribution < -0.4 is 19.1 Å². The molecule has 1 aliphatic heterocycles. The van der Waals surface area contributed by atoms with Gasteiger partial charge in [0.15, 0.2) is 0 Å². The lowest BCUT2D eigenvalue weighted by Crippen LogP contribution is -2.44. The first-order valence-corrected chi connectivity index (χ1v) is 15.8. The minimum Gasteiger partial charge on any atom is -0.466 e. The molecule has 0 amide bonds. The summed E-state index contributed by atoms with van der Waals surface area (Å²) in [7, 11) is 3.78. The largest absolute Gasteiger partial charge is 0.466 e. The van der Waals surface area contributed by atoms with Gasteiger partial charge in [0, 0.05) is 45.6 Å². The number of carbonyl (C=O) groups is 4. The molecule has 1 aliphatic rings. The average Bonchev–Trinajstić information content (AvgIpc) is 3.08. The fourth-order valence-electron chi connectivity index (χ4n) is 4.79. The molecule has 1 fully saturated rings. The summed E-state index contributed by atoms with van der Waals surface area (Å²) in [4.78, 5) is 53.9. The van der Waals surface area contributed by atoms with Crippen molar-refractivity contribution in [1.82, 2.24) is 4.90 Å². The van der Waals surface area contributed by atoms with E-state index in [1.807, 2.05) is 12.1 Å². The molecule has 250 valence electrons. The van der Waals surface area contributed by atoms with E-state index < -0.39 is 23.9 Å². The van der Waals surface area contributed by atoms with Crippen molar-refractivity contribution in [2.24, 2.45) is 0 Å². The van der Waals surface area contributed by atoms with Gasteiger partial charge < -0.3 is 33.5 Å². The summed E-state index contributed by atoms with van der Waals surface area (Å²) >= 11 is 0. The molecule has 0 spiro atoms. The summed E-state index contributed by atoms with van der Waals surface area (Å²) in [5.74, 6) is -1.27. The molecule has 0 bridgehead atoms. The second-order valence-electron chi connectivity index (χ2n) is 11.2. The van der Waals surface area contributed by atoms with E-state index in [0.29, 0.717) is 17.9 Å². The van der Waals surface area contributed by atoms with Gasteiger partial charge in [0.25, 0.3) is 0 Å². The van der Waals surface area contributed by atoms with E-state index in [-0.39, 0.29) is 29.9 Å². The molecule has 0 aromatic heterocycles. The minimum atomic E-state index is -0.625. The summed E-state index contributed by atoms with van der Waals surface area (Å²) in [5.41, 5.74) is 1.63. The lowest BCUT2D eigenvalue weighted by molar-refractivity contribution is -0.147. The zero-order valence-corrected chi connectivity index (χ0v) is 27.0. The highest BCUT2D eigenvalue weighted by molar-refractivity contribution is 5.93. The van der Waals surface area contributed by atoms with Crippen LogP contribution in [0.4, 0.5) is 5.69 Å². The third-order valence-corrected chi connectivity index (χ3v) is 7.58. The van der Waals surface area contributed by atoms with Crippen LogP contribution in [0.1, 0.15) is 59.2 Å². The van der Waals surface area contributed by atoms with Crippen LogP contribution in [0, 0.1) is 0 Å². The van der Waals surface area contributed by atoms with E-state index >= 15 is 0 Å². The van der Waals surface area contributed by atoms with Crippen molar-refractivity contribution >= 4 is 29.6 Å². The number of methoxy groups -OCH3 is 1. The summed E-state index contributed by atoms with van der Waals surface area (Å²) in [6.45, 7) is 4.95. The molecular formula is C36H42N2O9. The summed E-state index contributed by atoms with van der Waals surface area (Å²) < 4.78 is 26.3. The number of carbonyl (C=O) groups excluding carboxylic acids is 4. The van der Waals surface area contributed by atoms with Crippen LogP contribution >= 0.6 is 0 Å². The second-order valence-corrected chi connectivity index (χ2v) is 11.2. The van der Waals surface area contributed by atoms with Crippen molar-refractivity contribution in [3.8, 4) is 17.2 Å². The van der Waals surface area contributed by atoms with Crippen LogP contribution in [-0.4, -0.2) is 82.3 Å². The topological polar surface area (TPSA) is 121 Å². The molecule has 0 saturated carbocycles. The van der Waals surface area contributed by atoms with Crippen molar-refractivity contribution in [2.45, 2.75) is 38.5 Å². The summed E-state index contributed by atoms with van der Waals surface area (Å²) in [6.07, 6.45) is 3.49. The van der Waals surface area contributed by atoms with Crippen molar-refractivity contribution in [2.75, 3.05) is 58.5 Å². The van der Waals surface area contributed by atoms with Gasteiger partial charge in [0.05, 0.1) is 30.6 Å². The first-order chi connectivity index (χ1) is 22.8. The number of ether oxygens (including phenoxy) is 5. The van der Waals surface area contributed by atoms with Gasteiger partial charge in [-0.3, -0.25) is 9.59 Å². The number of nitrogens with zero attached hydrogens (tertiary/aromatic N) is 2. The van der Waals surface area contributed by atoms with Gasteiger partial charge in [0.1, 0.15) is 17.2 Å². The third kappa shape index (κ3) is 11.8. The summed E-state index contributed by atoms with van der Waals surface area (Å²) in [6, 6.07) is 19.4. The van der Waals surface area contributed by atoms with Crippen molar-refractivity contribution in [1.29, 1.82) is 0 Å². The molecule has 0 atom stereocenters. The molecular weight excluding hydrogens is 604 g/mol. The molecule has 0 aliphatic carbocycles. The molecule has 3 aromatic carbocycles. The van der Waals surface area contributed by atoms with Gasteiger partial charge in [-0.2, -0.15) is 0 Å². The van der Waals surface area contributed by atoms with Gasteiger partial charge in [0.2, 0.25) is 0 Å². The fourth-order valence-corrected chi connectivity index (χ4v) is 4.79. The molecule has 1 heterocycles. The van der Waals surface area contributed by atoms with Crippen LogP contribution in [0.2, 0.25) is 0 Å². The predicted molar refractivity (Wildman–Crippen MR) is 175 cm³/mol. The Labute approximate surface area is 275 Å². The zero-order valence-electron chi connectivity index (χ0n) is 27.0. The highest BCUT2D eigenvalue weighted by Crippen LogP contribution is 2.22.